The van der Waals surface area contributed by atoms with Crippen molar-refractivity contribution in [3.63, 3.8) is 0 Å². The number of imidazole rings is 1. The number of hydrogen-bond acceptors (Lipinski definition) is 2. The zero-order valence-electron chi connectivity index (χ0n) is 13.9. The van der Waals surface area contributed by atoms with Gasteiger partial charge in [-0.3, -0.25) is 5.41 Å². The van der Waals surface area contributed by atoms with Crippen molar-refractivity contribution < 1.29 is 9.30 Å². The minimum absolute atomic E-state index is 0.252. The summed E-state index contributed by atoms with van der Waals surface area (Å²) < 4.78 is 10.5. The Kier molecular flexibility index (Phi) is 5.41. The van der Waals surface area contributed by atoms with Gasteiger partial charge in [-0.1, -0.05) is 0 Å². The molecule has 0 saturated heterocycles. The van der Waals surface area contributed by atoms with Crippen molar-refractivity contribution in [1.29, 1.82) is 5.41 Å². The standard InChI is InChI=1S/C17H27N4O/c1-4-20-13(3)21(5-2)16-12-14(9-10-15(16)20)22-11-7-6-8-17(18)19/h9-10,12H,4-8,11H2,1-3H3,(H3,18,19)/q+1. The van der Waals surface area contributed by atoms with Crippen LogP contribution in [0.5, 0.6) is 5.75 Å². The Morgan fingerprint density at radius 1 is 1.32 bits per heavy atom. The Bertz CT molecular complexity index is 660. The van der Waals surface area contributed by atoms with E-state index in [9.17, 15) is 0 Å². The number of nitrogens with zero attached hydrogens (tertiary/aromatic N) is 2. The first-order valence-corrected chi connectivity index (χ1v) is 8.06. The summed E-state index contributed by atoms with van der Waals surface area (Å²) in [6.07, 6.45) is 2.47. The molecule has 120 valence electrons. The molecule has 0 radical (unpaired) electrons. The van der Waals surface area contributed by atoms with Crippen LogP contribution in [0, 0.1) is 12.3 Å². The smallest absolute Gasteiger partial charge is 0.254 e. The van der Waals surface area contributed by atoms with Crippen molar-refractivity contribution in [2.45, 2.75) is 53.1 Å². The second-order valence-corrected chi connectivity index (χ2v) is 5.52. The van der Waals surface area contributed by atoms with Gasteiger partial charge in [-0.15, -0.1) is 0 Å². The number of hydrogen-bond donors (Lipinski definition) is 2. The third kappa shape index (κ3) is 3.40. The summed E-state index contributed by atoms with van der Waals surface area (Å²) in [6.45, 7) is 9.10. The highest BCUT2D eigenvalue weighted by Gasteiger charge is 2.19. The molecule has 0 bridgehead atoms. The number of benzene rings is 1. The molecule has 0 unspecified atom stereocenters. The molecule has 0 atom stereocenters. The van der Waals surface area contributed by atoms with Crippen LogP contribution >= 0.6 is 0 Å². The lowest BCUT2D eigenvalue weighted by molar-refractivity contribution is -0.674. The van der Waals surface area contributed by atoms with Crippen molar-refractivity contribution in [2.24, 2.45) is 5.73 Å². The van der Waals surface area contributed by atoms with Crippen molar-refractivity contribution in [3.8, 4) is 5.75 Å². The Balaban J connectivity index is 2.11. The van der Waals surface area contributed by atoms with E-state index in [4.69, 9.17) is 15.9 Å². The van der Waals surface area contributed by atoms with Crippen LogP contribution in [0.3, 0.4) is 0 Å². The van der Waals surface area contributed by atoms with Gasteiger partial charge in [0.2, 0.25) is 0 Å². The predicted octanol–water partition coefficient (Wildman–Crippen LogP) is 2.76. The molecule has 1 aromatic carbocycles. The van der Waals surface area contributed by atoms with Gasteiger partial charge >= 0.3 is 0 Å². The number of aromatic nitrogens is 2. The number of rotatable bonds is 8. The van der Waals surface area contributed by atoms with Crippen LogP contribution in [0.25, 0.3) is 11.0 Å². The zero-order chi connectivity index (χ0) is 16.1. The van der Waals surface area contributed by atoms with E-state index in [2.05, 4.69) is 42.0 Å². The van der Waals surface area contributed by atoms with Gasteiger partial charge in [0.05, 0.1) is 25.5 Å². The molecule has 0 amide bonds. The highest BCUT2D eigenvalue weighted by Crippen LogP contribution is 2.21. The van der Waals surface area contributed by atoms with Gasteiger partial charge in [0.25, 0.3) is 5.82 Å². The summed E-state index contributed by atoms with van der Waals surface area (Å²) in [7, 11) is 0. The first-order valence-electron chi connectivity index (χ1n) is 8.06. The molecule has 0 aliphatic heterocycles. The highest BCUT2D eigenvalue weighted by atomic mass is 16.5. The average Bonchev–Trinajstić information content (AvgIpc) is 2.76. The van der Waals surface area contributed by atoms with E-state index in [0.29, 0.717) is 13.0 Å². The number of nitrogens with one attached hydrogen (secondary N) is 1. The number of nitrogens with two attached hydrogens (primary N) is 1. The molecule has 0 aliphatic carbocycles. The normalized spacial score (nSPS) is 11.0. The summed E-state index contributed by atoms with van der Waals surface area (Å²) in [5.41, 5.74) is 7.83. The topological polar surface area (TPSA) is 67.9 Å². The fourth-order valence-corrected chi connectivity index (χ4v) is 2.94. The van der Waals surface area contributed by atoms with Crippen LogP contribution in [-0.4, -0.2) is 17.0 Å². The van der Waals surface area contributed by atoms with E-state index in [1.165, 1.54) is 16.9 Å². The summed E-state index contributed by atoms with van der Waals surface area (Å²) in [4.78, 5) is 0. The maximum atomic E-state index is 7.20. The largest absolute Gasteiger partial charge is 0.493 e. The minimum Gasteiger partial charge on any atom is -0.493 e. The first kappa shape index (κ1) is 16.3. The summed E-state index contributed by atoms with van der Waals surface area (Å²) in [6, 6.07) is 6.31. The number of unbranched alkanes of at least 4 members (excludes halogenated alkanes) is 1. The Hall–Kier alpha value is -2.04. The molecule has 1 heterocycles. The van der Waals surface area contributed by atoms with Gasteiger partial charge in [-0.05, 0) is 38.8 Å². The molecule has 1 aromatic heterocycles. The molecule has 0 aliphatic rings. The van der Waals surface area contributed by atoms with Gasteiger partial charge in [0, 0.05) is 19.4 Å². The van der Waals surface area contributed by atoms with Gasteiger partial charge in [0.1, 0.15) is 5.75 Å². The summed E-state index contributed by atoms with van der Waals surface area (Å²) in [5.74, 6) is 2.44. The van der Waals surface area contributed by atoms with E-state index in [1.807, 2.05) is 6.07 Å². The van der Waals surface area contributed by atoms with Gasteiger partial charge in [-0.25, -0.2) is 9.13 Å². The maximum Gasteiger partial charge on any atom is 0.254 e. The lowest BCUT2D eigenvalue weighted by atomic mass is 10.2. The molecule has 5 nitrogen and oxygen atoms in total. The minimum atomic E-state index is 0.252. The SMILES string of the molecule is CCn1c(C)[n+](CC)c2ccc(OCCCCC(=N)N)cc21. The number of amidine groups is 1. The quantitative estimate of drug-likeness (QED) is 0.341. The highest BCUT2D eigenvalue weighted by molar-refractivity contribution is 5.76. The van der Waals surface area contributed by atoms with Crippen molar-refractivity contribution >= 4 is 16.9 Å². The Labute approximate surface area is 132 Å². The molecule has 22 heavy (non-hydrogen) atoms. The van der Waals surface area contributed by atoms with Crippen LogP contribution in [0.2, 0.25) is 0 Å². The molecule has 0 spiro atoms. The number of ether oxygens (including phenoxy) is 1. The predicted molar refractivity (Wildman–Crippen MR) is 89.5 cm³/mol. The molecule has 3 N–H and O–H groups in total. The average molecular weight is 303 g/mol. The van der Waals surface area contributed by atoms with Crippen molar-refractivity contribution in [1.82, 2.24) is 4.57 Å². The lowest BCUT2D eigenvalue weighted by Crippen LogP contribution is -2.34. The fraction of sp³-hybridized carbons (Fsp3) is 0.529. The van der Waals surface area contributed by atoms with E-state index in [1.54, 1.807) is 0 Å². The number of fused-ring (bicyclic) bond motifs is 1. The van der Waals surface area contributed by atoms with Gasteiger partial charge < -0.3 is 10.5 Å². The maximum absolute atomic E-state index is 7.20. The number of aryl methyl sites for hydroxylation is 2. The van der Waals surface area contributed by atoms with E-state index in [0.717, 1.165) is 31.7 Å². The van der Waals surface area contributed by atoms with E-state index < -0.39 is 0 Å². The molecular formula is C17H27N4O+. The van der Waals surface area contributed by atoms with Crippen LogP contribution in [-0.2, 0) is 13.1 Å². The third-order valence-electron chi connectivity index (χ3n) is 4.05. The molecule has 0 fully saturated rings. The van der Waals surface area contributed by atoms with E-state index in [-0.39, 0.29) is 5.84 Å². The molecule has 2 rings (SSSR count). The van der Waals surface area contributed by atoms with Crippen LogP contribution in [0.15, 0.2) is 18.2 Å². The van der Waals surface area contributed by atoms with Crippen molar-refractivity contribution in [2.75, 3.05) is 6.61 Å². The second kappa shape index (κ2) is 7.29. The van der Waals surface area contributed by atoms with Gasteiger partial charge in [-0.2, -0.15) is 0 Å². The van der Waals surface area contributed by atoms with Crippen LogP contribution in [0.4, 0.5) is 0 Å². The molecule has 2 aromatic rings. The molecule has 5 heteroatoms. The Morgan fingerprint density at radius 3 is 2.73 bits per heavy atom. The monoisotopic (exact) mass is 303 g/mol. The fourth-order valence-electron chi connectivity index (χ4n) is 2.94. The zero-order valence-corrected chi connectivity index (χ0v) is 13.9. The second-order valence-electron chi connectivity index (χ2n) is 5.52. The van der Waals surface area contributed by atoms with Gasteiger partial charge in [0.15, 0.2) is 11.0 Å². The lowest BCUT2D eigenvalue weighted by Gasteiger charge is -2.05. The van der Waals surface area contributed by atoms with Crippen LogP contribution in [0.1, 0.15) is 38.9 Å². The Morgan fingerprint density at radius 2 is 2.09 bits per heavy atom. The van der Waals surface area contributed by atoms with E-state index >= 15 is 0 Å². The van der Waals surface area contributed by atoms with Crippen LogP contribution < -0.4 is 15.0 Å². The third-order valence-corrected chi connectivity index (χ3v) is 4.05. The first-order chi connectivity index (χ1) is 10.6. The molecule has 0 saturated carbocycles. The summed E-state index contributed by atoms with van der Waals surface area (Å²) in [5, 5.41) is 7.20. The van der Waals surface area contributed by atoms with Crippen molar-refractivity contribution in [3.05, 3.63) is 24.0 Å². The summed E-state index contributed by atoms with van der Waals surface area (Å²) >= 11 is 0. The molecular weight excluding hydrogens is 276 g/mol.